The monoisotopic (exact) mass is 260 g/mol. The molecule has 17 heavy (non-hydrogen) atoms. The number of nitrogens with zero attached hydrogens (tertiary/aromatic N) is 1. The Kier molecular flexibility index (Phi) is 6.10. The van der Waals surface area contributed by atoms with Crippen LogP contribution in [0.25, 0.3) is 0 Å². The first-order chi connectivity index (χ1) is 7.97. The van der Waals surface area contributed by atoms with Gasteiger partial charge in [-0.05, 0) is 39.7 Å². The zero-order valence-corrected chi connectivity index (χ0v) is 12.7. The molecule has 0 aromatic heterocycles. The van der Waals surface area contributed by atoms with Crippen LogP contribution in [0.3, 0.4) is 0 Å². The van der Waals surface area contributed by atoms with Gasteiger partial charge in [0.15, 0.2) is 0 Å². The van der Waals surface area contributed by atoms with Crippen molar-refractivity contribution in [1.29, 1.82) is 0 Å². The molecule has 3 nitrogen and oxygen atoms in total. The fraction of sp³-hybridized carbons (Fsp3) is 1.00. The van der Waals surface area contributed by atoms with Gasteiger partial charge in [-0.2, -0.15) is 0 Å². The van der Waals surface area contributed by atoms with E-state index in [1.165, 1.54) is 6.42 Å². The van der Waals surface area contributed by atoms with Gasteiger partial charge in [0.1, 0.15) is 0 Å². The second-order valence-corrected chi connectivity index (χ2v) is 6.99. The molecule has 0 amide bonds. The lowest BCUT2D eigenvalue weighted by molar-refractivity contribution is 0.0539. The molecule has 0 bridgehead atoms. The normalized spacial score (nSPS) is 34.5. The highest BCUT2D eigenvalue weighted by Crippen LogP contribution is 2.26. The van der Waals surface area contributed by atoms with E-state index in [4.69, 9.17) is 0 Å². The van der Waals surface area contributed by atoms with Crippen molar-refractivity contribution < 1.29 is 4.21 Å². The van der Waals surface area contributed by atoms with Gasteiger partial charge in [0.05, 0.1) is 0 Å². The summed E-state index contributed by atoms with van der Waals surface area (Å²) < 4.78 is 11.2. The maximum atomic E-state index is 11.2. The van der Waals surface area contributed by atoms with Gasteiger partial charge in [-0.15, -0.1) is 0 Å². The van der Waals surface area contributed by atoms with E-state index in [0.717, 1.165) is 18.7 Å². The number of rotatable bonds is 5. The SMILES string of the molecule is CNC1CCN(C(C)CCS(C)=O)C(C)C1C. The van der Waals surface area contributed by atoms with Crippen molar-refractivity contribution in [2.45, 2.75) is 51.7 Å². The van der Waals surface area contributed by atoms with Crippen LogP contribution in [-0.4, -0.2) is 52.8 Å². The first kappa shape index (κ1) is 15.1. The van der Waals surface area contributed by atoms with E-state index in [1.807, 2.05) is 0 Å². The maximum absolute atomic E-state index is 11.2. The van der Waals surface area contributed by atoms with E-state index >= 15 is 0 Å². The van der Waals surface area contributed by atoms with Crippen LogP contribution < -0.4 is 5.32 Å². The third-order valence-electron chi connectivity index (χ3n) is 4.38. The number of likely N-dealkylation sites (tertiary alicyclic amines) is 1. The topological polar surface area (TPSA) is 32.3 Å². The highest BCUT2D eigenvalue weighted by atomic mass is 32.2. The third kappa shape index (κ3) is 4.04. The predicted molar refractivity (Wildman–Crippen MR) is 75.8 cm³/mol. The molecule has 5 atom stereocenters. The predicted octanol–water partition coefficient (Wildman–Crippen LogP) is 1.46. The van der Waals surface area contributed by atoms with Crippen molar-refractivity contribution in [2.24, 2.45) is 5.92 Å². The lowest BCUT2D eigenvalue weighted by atomic mass is 9.86. The van der Waals surface area contributed by atoms with Gasteiger partial charge in [-0.1, -0.05) is 6.92 Å². The summed E-state index contributed by atoms with van der Waals surface area (Å²) in [4.78, 5) is 2.59. The third-order valence-corrected chi connectivity index (χ3v) is 5.19. The number of hydrogen-bond acceptors (Lipinski definition) is 3. The Bertz CT molecular complexity index is 260. The van der Waals surface area contributed by atoms with Gasteiger partial charge in [-0.25, -0.2) is 0 Å². The first-order valence-electron chi connectivity index (χ1n) is 6.70. The van der Waals surface area contributed by atoms with Crippen LogP contribution in [0.1, 0.15) is 33.6 Å². The Hall–Kier alpha value is 0.0700. The van der Waals surface area contributed by atoms with Gasteiger partial charge in [0.25, 0.3) is 0 Å². The van der Waals surface area contributed by atoms with Crippen LogP contribution in [0.5, 0.6) is 0 Å². The molecule has 1 rings (SSSR count). The van der Waals surface area contributed by atoms with Gasteiger partial charge >= 0.3 is 0 Å². The Morgan fingerprint density at radius 1 is 1.47 bits per heavy atom. The maximum Gasteiger partial charge on any atom is 0.0246 e. The Labute approximate surface area is 109 Å². The van der Waals surface area contributed by atoms with Gasteiger partial charge in [0.2, 0.25) is 0 Å². The largest absolute Gasteiger partial charge is 0.317 e. The molecule has 0 aromatic carbocycles. The van der Waals surface area contributed by atoms with E-state index in [-0.39, 0.29) is 0 Å². The summed E-state index contributed by atoms with van der Waals surface area (Å²) in [6.07, 6.45) is 4.07. The lowest BCUT2D eigenvalue weighted by Gasteiger charge is -2.45. The summed E-state index contributed by atoms with van der Waals surface area (Å²) in [6.45, 7) is 8.10. The van der Waals surface area contributed by atoms with Gasteiger partial charge in [0, 0.05) is 47.5 Å². The van der Waals surface area contributed by atoms with Crippen molar-refractivity contribution in [1.82, 2.24) is 10.2 Å². The molecule has 5 unspecified atom stereocenters. The minimum absolute atomic E-state index is 0.550. The minimum Gasteiger partial charge on any atom is -0.317 e. The summed E-state index contributed by atoms with van der Waals surface area (Å²) in [6, 6.07) is 1.81. The quantitative estimate of drug-likeness (QED) is 0.812. The van der Waals surface area contributed by atoms with Crippen molar-refractivity contribution in [2.75, 3.05) is 25.6 Å². The number of nitrogens with one attached hydrogen (secondary N) is 1. The molecule has 1 fully saturated rings. The molecule has 0 spiro atoms. The van der Waals surface area contributed by atoms with Crippen molar-refractivity contribution in [3.05, 3.63) is 0 Å². The molecule has 4 heteroatoms. The van der Waals surface area contributed by atoms with Crippen molar-refractivity contribution in [3.8, 4) is 0 Å². The van der Waals surface area contributed by atoms with Crippen LogP contribution in [-0.2, 0) is 10.8 Å². The smallest absolute Gasteiger partial charge is 0.0246 e. The highest BCUT2D eigenvalue weighted by molar-refractivity contribution is 7.84. The summed E-state index contributed by atoms with van der Waals surface area (Å²) in [7, 11) is 1.40. The standard InChI is InChI=1S/C13H28N2OS/c1-10(7-9-17(5)16)15-8-6-13(14-4)11(2)12(15)3/h10-14H,6-9H2,1-5H3. The van der Waals surface area contributed by atoms with Crippen LogP contribution >= 0.6 is 0 Å². The zero-order chi connectivity index (χ0) is 13.0. The summed E-state index contributed by atoms with van der Waals surface area (Å²) in [5, 5.41) is 3.42. The lowest BCUT2D eigenvalue weighted by Crippen LogP contribution is -2.55. The number of piperidine rings is 1. The Balaban J connectivity index is 2.51. The molecule has 1 aliphatic rings. The van der Waals surface area contributed by atoms with Crippen LogP contribution in [0, 0.1) is 5.92 Å². The fourth-order valence-corrected chi connectivity index (χ4v) is 3.60. The average Bonchev–Trinajstić information content (AvgIpc) is 2.29. The van der Waals surface area contributed by atoms with E-state index in [1.54, 1.807) is 6.26 Å². The van der Waals surface area contributed by atoms with Gasteiger partial charge < -0.3 is 5.32 Å². The fourth-order valence-electron chi connectivity index (χ4n) is 2.92. The molecule has 1 saturated heterocycles. The number of hydrogen-bond donors (Lipinski definition) is 1. The summed E-state index contributed by atoms with van der Waals surface area (Å²) in [5.41, 5.74) is 0. The highest BCUT2D eigenvalue weighted by Gasteiger charge is 2.33. The van der Waals surface area contributed by atoms with Crippen LogP contribution in [0.2, 0.25) is 0 Å². The van der Waals surface area contributed by atoms with E-state index in [2.05, 4.69) is 38.0 Å². The molecule has 102 valence electrons. The Morgan fingerprint density at radius 2 is 2.12 bits per heavy atom. The first-order valence-corrected chi connectivity index (χ1v) is 8.43. The minimum atomic E-state index is -0.658. The molecule has 0 aliphatic carbocycles. The van der Waals surface area contributed by atoms with E-state index < -0.39 is 10.8 Å². The van der Waals surface area contributed by atoms with E-state index in [9.17, 15) is 4.21 Å². The average molecular weight is 260 g/mol. The summed E-state index contributed by atoms with van der Waals surface area (Å²) >= 11 is 0. The summed E-state index contributed by atoms with van der Waals surface area (Å²) in [5.74, 6) is 1.51. The van der Waals surface area contributed by atoms with Gasteiger partial charge in [-0.3, -0.25) is 9.11 Å². The second-order valence-electron chi connectivity index (χ2n) is 5.44. The van der Waals surface area contributed by atoms with Crippen molar-refractivity contribution in [3.63, 3.8) is 0 Å². The molecule has 1 heterocycles. The molecule has 0 radical (unpaired) electrons. The Morgan fingerprint density at radius 3 is 2.65 bits per heavy atom. The molecular formula is C13H28N2OS. The van der Waals surface area contributed by atoms with Crippen LogP contribution in [0.4, 0.5) is 0 Å². The molecular weight excluding hydrogens is 232 g/mol. The molecule has 1 aliphatic heterocycles. The molecule has 0 saturated carbocycles. The second kappa shape index (κ2) is 6.86. The van der Waals surface area contributed by atoms with Crippen LogP contribution in [0.15, 0.2) is 0 Å². The van der Waals surface area contributed by atoms with Crippen molar-refractivity contribution >= 4 is 10.8 Å². The molecule has 0 aromatic rings. The zero-order valence-electron chi connectivity index (χ0n) is 11.9. The molecule has 1 N–H and O–H groups in total. The van der Waals surface area contributed by atoms with E-state index in [0.29, 0.717) is 24.0 Å².